The molecule has 1 unspecified atom stereocenters. The van der Waals surface area contributed by atoms with Crippen molar-refractivity contribution >= 4 is 27.5 Å². The molecule has 150 valence electrons. The van der Waals surface area contributed by atoms with Crippen LogP contribution in [0.3, 0.4) is 0 Å². The maximum absolute atomic E-state index is 12.9. The van der Waals surface area contributed by atoms with Crippen LogP contribution in [0, 0.1) is 6.92 Å². The molecular formula is C20H20BrF3N2O2. The smallest absolute Gasteiger partial charge is 0.406 e. The summed E-state index contributed by atoms with van der Waals surface area (Å²) in [5.41, 5.74) is 1.84. The Bertz CT molecular complexity index is 871. The van der Waals surface area contributed by atoms with Gasteiger partial charge in [-0.3, -0.25) is 9.69 Å². The third kappa shape index (κ3) is 4.50. The number of anilines is 1. The van der Waals surface area contributed by atoms with Crippen LogP contribution in [-0.2, 0) is 11.3 Å². The zero-order valence-corrected chi connectivity index (χ0v) is 17.0. The molecule has 0 aliphatic carbocycles. The lowest BCUT2D eigenvalue weighted by atomic mass is 9.85. The van der Waals surface area contributed by atoms with Crippen molar-refractivity contribution < 1.29 is 22.7 Å². The van der Waals surface area contributed by atoms with Gasteiger partial charge in [0.05, 0.1) is 5.54 Å². The Morgan fingerprint density at radius 3 is 2.50 bits per heavy atom. The molecule has 4 nitrogen and oxygen atoms in total. The summed E-state index contributed by atoms with van der Waals surface area (Å²) < 4.78 is 41.6. The molecule has 1 aliphatic heterocycles. The monoisotopic (exact) mass is 456 g/mol. The fourth-order valence-electron chi connectivity index (χ4n) is 3.13. The van der Waals surface area contributed by atoms with Crippen LogP contribution in [0.1, 0.15) is 24.5 Å². The van der Waals surface area contributed by atoms with Crippen LogP contribution in [0.5, 0.6) is 5.75 Å². The molecule has 1 heterocycles. The quantitative estimate of drug-likeness (QED) is 0.666. The van der Waals surface area contributed by atoms with E-state index in [2.05, 4.69) is 26.0 Å². The summed E-state index contributed by atoms with van der Waals surface area (Å²) >= 11 is 3.46. The number of hydrogen-bond donors (Lipinski definition) is 1. The molecule has 1 atom stereocenters. The van der Waals surface area contributed by atoms with E-state index in [-0.39, 0.29) is 11.7 Å². The van der Waals surface area contributed by atoms with Gasteiger partial charge in [-0.1, -0.05) is 34.1 Å². The number of nitrogens with one attached hydrogen (secondary N) is 1. The standard InChI is InChI=1S/C20H20BrF3N2O2/c1-13-16(21)4-3-5-17(13)25-18(27)19(2)10-11-26(19)12-14-6-8-15(9-7-14)28-20(22,23)24/h3-9H,10-12H2,1-2H3,(H,25,27). The van der Waals surface area contributed by atoms with Crippen LogP contribution in [0.4, 0.5) is 18.9 Å². The van der Waals surface area contributed by atoms with E-state index in [9.17, 15) is 18.0 Å². The summed E-state index contributed by atoms with van der Waals surface area (Å²) in [4.78, 5) is 14.9. The highest BCUT2D eigenvalue weighted by atomic mass is 79.9. The highest BCUT2D eigenvalue weighted by Gasteiger charge is 2.46. The zero-order chi connectivity index (χ0) is 20.5. The highest BCUT2D eigenvalue weighted by Crippen LogP contribution is 2.34. The van der Waals surface area contributed by atoms with E-state index < -0.39 is 11.9 Å². The van der Waals surface area contributed by atoms with Crippen LogP contribution in [0.2, 0.25) is 0 Å². The second-order valence-corrected chi connectivity index (χ2v) is 7.86. The van der Waals surface area contributed by atoms with Gasteiger partial charge < -0.3 is 10.1 Å². The van der Waals surface area contributed by atoms with Crippen molar-refractivity contribution in [2.75, 3.05) is 11.9 Å². The third-order valence-electron chi connectivity index (χ3n) is 5.10. The Labute approximate surface area is 169 Å². The number of alkyl halides is 3. The summed E-state index contributed by atoms with van der Waals surface area (Å²) in [7, 11) is 0. The van der Waals surface area contributed by atoms with Gasteiger partial charge in [-0.25, -0.2) is 0 Å². The SMILES string of the molecule is Cc1c(Br)cccc1NC(=O)C1(C)CCN1Cc1ccc(OC(F)(F)F)cc1. The molecule has 0 aromatic heterocycles. The van der Waals surface area contributed by atoms with Crippen LogP contribution in [-0.4, -0.2) is 29.3 Å². The molecule has 2 aromatic rings. The molecule has 2 aromatic carbocycles. The van der Waals surface area contributed by atoms with Crippen LogP contribution in [0.15, 0.2) is 46.9 Å². The van der Waals surface area contributed by atoms with Gasteiger partial charge in [0.25, 0.3) is 0 Å². The lowest BCUT2D eigenvalue weighted by molar-refractivity contribution is -0.274. The van der Waals surface area contributed by atoms with Gasteiger partial charge in [-0.05, 0) is 55.7 Å². The second kappa shape index (κ2) is 7.75. The van der Waals surface area contributed by atoms with E-state index in [1.54, 1.807) is 12.1 Å². The van der Waals surface area contributed by atoms with Crippen LogP contribution >= 0.6 is 15.9 Å². The van der Waals surface area contributed by atoms with E-state index in [0.717, 1.165) is 27.8 Å². The van der Waals surface area contributed by atoms with Crippen LogP contribution in [0.25, 0.3) is 0 Å². The minimum absolute atomic E-state index is 0.100. The maximum atomic E-state index is 12.9. The van der Waals surface area contributed by atoms with Gasteiger partial charge in [0, 0.05) is 23.2 Å². The molecule has 3 rings (SSSR count). The molecule has 1 fully saturated rings. The molecule has 1 N–H and O–H groups in total. The van der Waals surface area contributed by atoms with Crippen molar-refractivity contribution in [2.24, 2.45) is 0 Å². The number of hydrogen-bond acceptors (Lipinski definition) is 3. The van der Waals surface area contributed by atoms with Crippen molar-refractivity contribution in [3.63, 3.8) is 0 Å². The normalized spacial score (nSPS) is 19.8. The van der Waals surface area contributed by atoms with E-state index in [0.29, 0.717) is 13.0 Å². The van der Waals surface area contributed by atoms with Gasteiger partial charge in [-0.2, -0.15) is 0 Å². The van der Waals surface area contributed by atoms with Crippen LogP contribution < -0.4 is 10.1 Å². The van der Waals surface area contributed by atoms with Crippen molar-refractivity contribution in [3.8, 4) is 5.75 Å². The topological polar surface area (TPSA) is 41.6 Å². The number of rotatable bonds is 5. The molecule has 1 saturated heterocycles. The first-order chi connectivity index (χ1) is 13.1. The molecule has 1 amide bonds. The molecular weight excluding hydrogens is 437 g/mol. The maximum Gasteiger partial charge on any atom is 0.573 e. The van der Waals surface area contributed by atoms with Gasteiger partial charge in [0.15, 0.2) is 0 Å². The number of carbonyl (C=O) groups is 1. The second-order valence-electron chi connectivity index (χ2n) is 7.00. The Balaban J connectivity index is 1.66. The molecule has 28 heavy (non-hydrogen) atoms. The first-order valence-corrected chi connectivity index (χ1v) is 9.54. The number of halogens is 4. The van der Waals surface area contributed by atoms with Crippen molar-refractivity contribution in [1.29, 1.82) is 0 Å². The van der Waals surface area contributed by atoms with E-state index >= 15 is 0 Å². The first kappa shape index (κ1) is 20.7. The summed E-state index contributed by atoms with van der Waals surface area (Å²) in [5, 5.41) is 2.99. The van der Waals surface area contributed by atoms with Gasteiger partial charge in [0.2, 0.25) is 5.91 Å². The molecule has 0 spiro atoms. The molecule has 1 aliphatic rings. The number of amides is 1. The van der Waals surface area contributed by atoms with Crippen molar-refractivity contribution in [3.05, 3.63) is 58.1 Å². The number of ether oxygens (including phenoxy) is 1. The Kier molecular flexibility index (Phi) is 5.72. The fraction of sp³-hybridized carbons (Fsp3) is 0.350. The lowest BCUT2D eigenvalue weighted by Crippen LogP contribution is -2.63. The Hall–Kier alpha value is -2.06. The first-order valence-electron chi connectivity index (χ1n) is 8.75. The average Bonchev–Trinajstić information content (AvgIpc) is 2.62. The van der Waals surface area contributed by atoms with Crippen molar-refractivity contribution in [2.45, 2.75) is 38.7 Å². The Morgan fingerprint density at radius 2 is 1.93 bits per heavy atom. The van der Waals surface area contributed by atoms with Gasteiger partial charge in [0.1, 0.15) is 5.75 Å². The van der Waals surface area contributed by atoms with E-state index in [1.165, 1.54) is 12.1 Å². The lowest BCUT2D eigenvalue weighted by Gasteiger charge is -2.49. The minimum Gasteiger partial charge on any atom is -0.406 e. The summed E-state index contributed by atoms with van der Waals surface area (Å²) in [6, 6.07) is 11.3. The fourth-order valence-corrected chi connectivity index (χ4v) is 3.50. The molecule has 0 radical (unpaired) electrons. The zero-order valence-electron chi connectivity index (χ0n) is 15.4. The number of benzene rings is 2. The molecule has 0 bridgehead atoms. The number of nitrogens with zero attached hydrogens (tertiary/aromatic N) is 1. The average molecular weight is 457 g/mol. The largest absolute Gasteiger partial charge is 0.573 e. The van der Waals surface area contributed by atoms with E-state index in [1.807, 2.05) is 36.9 Å². The van der Waals surface area contributed by atoms with Crippen molar-refractivity contribution in [1.82, 2.24) is 4.90 Å². The third-order valence-corrected chi connectivity index (χ3v) is 5.96. The molecule has 8 heteroatoms. The Morgan fingerprint density at radius 1 is 1.25 bits per heavy atom. The van der Waals surface area contributed by atoms with E-state index in [4.69, 9.17) is 0 Å². The predicted molar refractivity (Wildman–Crippen MR) is 104 cm³/mol. The summed E-state index contributed by atoms with van der Waals surface area (Å²) in [6.45, 7) is 5.00. The minimum atomic E-state index is -4.71. The van der Waals surface area contributed by atoms with Gasteiger partial charge >= 0.3 is 6.36 Å². The number of likely N-dealkylation sites (tertiary alicyclic amines) is 1. The predicted octanol–water partition coefficient (Wildman–Crippen LogP) is 5.26. The summed E-state index contributed by atoms with van der Waals surface area (Å²) in [6.07, 6.45) is -4.00. The summed E-state index contributed by atoms with van der Waals surface area (Å²) in [5.74, 6) is -0.359. The highest BCUT2D eigenvalue weighted by molar-refractivity contribution is 9.10. The molecule has 0 saturated carbocycles. The number of carbonyl (C=O) groups excluding carboxylic acids is 1. The van der Waals surface area contributed by atoms with Gasteiger partial charge in [-0.15, -0.1) is 13.2 Å².